The molecule has 1 aromatic rings. The molecule has 3 N–H and O–H groups in total. The standard InChI is InChI=1S/C10H13BrN2O/c1-2-5-13-10(12)8-6-7(11)3-4-9(8)14/h3-4,6,14H,2,5H2,1H3,(H2,12,13). The van der Waals surface area contributed by atoms with Gasteiger partial charge in [0.25, 0.3) is 0 Å². The summed E-state index contributed by atoms with van der Waals surface area (Å²) in [5, 5.41) is 9.52. The Bertz CT molecular complexity index is 350. The van der Waals surface area contributed by atoms with Gasteiger partial charge >= 0.3 is 0 Å². The van der Waals surface area contributed by atoms with Gasteiger partial charge in [0.1, 0.15) is 11.6 Å². The van der Waals surface area contributed by atoms with Crippen molar-refractivity contribution in [1.29, 1.82) is 0 Å². The third-order valence-corrected chi connectivity index (χ3v) is 2.23. The SMILES string of the molecule is CCCN=C(N)c1cc(Br)ccc1O. The highest BCUT2D eigenvalue weighted by atomic mass is 79.9. The van der Waals surface area contributed by atoms with Crippen LogP contribution in [0.3, 0.4) is 0 Å². The van der Waals surface area contributed by atoms with Gasteiger partial charge in [-0.2, -0.15) is 0 Å². The molecule has 1 rings (SSSR count). The fourth-order valence-electron chi connectivity index (χ4n) is 1.03. The Morgan fingerprint density at radius 1 is 1.57 bits per heavy atom. The molecule has 14 heavy (non-hydrogen) atoms. The number of hydrogen-bond acceptors (Lipinski definition) is 2. The highest BCUT2D eigenvalue weighted by Gasteiger charge is 2.05. The molecule has 76 valence electrons. The number of aromatic hydroxyl groups is 1. The van der Waals surface area contributed by atoms with Crippen molar-refractivity contribution in [3.05, 3.63) is 28.2 Å². The molecule has 0 aromatic heterocycles. The normalized spacial score (nSPS) is 11.7. The second kappa shape index (κ2) is 5.00. The van der Waals surface area contributed by atoms with Gasteiger partial charge in [0, 0.05) is 11.0 Å². The summed E-state index contributed by atoms with van der Waals surface area (Å²) < 4.78 is 0.875. The lowest BCUT2D eigenvalue weighted by Crippen LogP contribution is -2.14. The Kier molecular flexibility index (Phi) is 3.95. The molecule has 0 saturated carbocycles. The molecule has 0 atom stereocenters. The van der Waals surface area contributed by atoms with Crippen LogP contribution in [0.4, 0.5) is 0 Å². The smallest absolute Gasteiger partial charge is 0.129 e. The first-order valence-corrected chi connectivity index (χ1v) is 5.23. The van der Waals surface area contributed by atoms with Gasteiger partial charge in [0.15, 0.2) is 0 Å². The van der Waals surface area contributed by atoms with Crippen molar-refractivity contribution < 1.29 is 5.11 Å². The minimum Gasteiger partial charge on any atom is -0.507 e. The van der Waals surface area contributed by atoms with Crippen LogP contribution in [-0.4, -0.2) is 17.5 Å². The fraction of sp³-hybridized carbons (Fsp3) is 0.300. The van der Waals surface area contributed by atoms with Crippen LogP contribution < -0.4 is 5.73 Å². The van der Waals surface area contributed by atoms with Gasteiger partial charge in [-0.05, 0) is 24.6 Å². The Labute approximate surface area is 91.8 Å². The lowest BCUT2D eigenvalue weighted by molar-refractivity contribution is 0.474. The average Bonchev–Trinajstić information content (AvgIpc) is 2.18. The van der Waals surface area contributed by atoms with E-state index >= 15 is 0 Å². The molecule has 0 aliphatic carbocycles. The first kappa shape index (κ1) is 11.0. The van der Waals surface area contributed by atoms with Crippen molar-refractivity contribution in [2.24, 2.45) is 10.7 Å². The third-order valence-electron chi connectivity index (χ3n) is 1.74. The van der Waals surface area contributed by atoms with Crippen LogP contribution in [0.15, 0.2) is 27.7 Å². The molecule has 0 unspecified atom stereocenters. The molecule has 0 radical (unpaired) electrons. The predicted octanol–water partition coefficient (Wildman–Crippen LogP) is 2.27. The van der Waals surface area contributed by atoms with Crippen molar-refractivity contribution in [1.82, 2.24) is 0 Å². The van der Waals surface area contributed by atoms with E-state index in [0.717, 1.165) is 10.9 Å². The van der Waals surface area contributed by atoms with Crippen LogP contribution in [0.2, 0.25) is 0 Å². The van der Waals surface area contributed by atoms with Crippen molar-refractivity contribution in [2.75, 3.05) is 6.54 Å². The number of hydrogen-bond donors (Lipinski definition) is 2. The molecule has 0 amide bonds. The van der Waals surface area contributed by atoms with Crippen molar-refractivity contribution in [3.8, 4) is 5.75 Å². The maximum Gasteiger partial charge on any atom is 0.129 e. The number of halogens is 1. The number of nitrogens with two attached hydrogens (primary N) is 1. The molecule has 0 bridgehead atoms. The topological polar surface area (TPSA) is 58.6 Å². The summed E-state index contributed by atoms with van der Waals surface area (Å²) in [5.74, 6) is 0.538. The van der Waals surface area contributed by atoms with E-state index < -0.39 is 0 Å². The zero-order valence-electron chi connectivity index (χ0n) is 8.00. The van der Waals surface area contributed by atoms with Crippen LogP contribution in [0, 0.1) is 0 Å². The van der Waals surface area contributed by atoms with Crippen LogP contribution in [-0.2, 0) is 0 Å². The van der Waals surface area contributed by atoms with Gasteiger partial charge < -0.3 is 10.8 Å². The first-order valence-electron chi connectivity index (χ1n) is 4.44. The average molecular weight is 257 g/mol. The maximum absolute atomic E-state index is 9.52. The van der Waals surface area contributed by atoms with Gasteiger partial charge in [-0.1, -0.05) is 22.9 Å². The number of phenolic OH excluding ortho intramolecular Hbond substituents is 1. The predicted molar refractivity (Wildman–Crippen MR) is 61.7 cm³/mol. The van der Waals surface area contributed by atoms with E-state index in [0.29, 0.717) is 17.9 Å². The van der Waals surface area contributed by atoms with Crippen molar-refractivity contribution in [3.63, 3.8) is 0 Å². The monoisotopic (exact) mass is 256 g/mol. The van der Waals surface area contributed by atoms with Crippen molar-refractivity contribution >= 4 is 21.8 Å². The zero-order valence-corrected chi connectivity index (χ0v) is 9.58. The molecule has 0 heterocycles. The second-order valence-corrected chi connectivity index (χ2v) is 3.84. The number of amidine groups is 1. The quantitative estimate of drug-likeness (QED) is 0.644. The summed E-state index contributed by atoms with van der Waals surface area (Å²) in [6, 6.07) is 5.10. The Balaban J connectivity index is 2.99. The Hall–Kier alpha value is -1.03. The summed E-state index contributed by atoms with van der Waals surface area (Å²) >= 11 is 3.31. The molecule has 0 aliphatic rings. The van der Waals surface area contributed by atoms with Crippen LogP contribution >= 0.6 is 15.9 Å². The fourth-order valence-corrected chi connectivity index (χ4v) is 1.39. The van der Waals surface area contributed by atoms with Gasteiger partial charge in [-0.25, -0.2) is 0 Å². The highest BCUT2D eigenvalue weighted by molar-refractivity contribution is 9.10. The summed E-state index contributed by atoms with van der Waals surface area (Å²) in [6.07, 6.45) is 0.940. The van der Waals surface area contributed by atoms with E-state index in [-0.39, 0.29) is 5.75 Å². The van der Waals surface area contributed by atoms with Crippen LogP contribution in [0.5, 0.6) is 5.75 Å². The molecule has 4 heteroatoms. The maximum atomic E-state index is 9.52. The van der Waals surface area contributed by atoms with E-state index in [1.165, 1.54) is 0 Å². The molecule has 1 aromatic carbocycles. The number of benzene rings is 1. The van der Waals surface area contributed by atoms with Gasteiger partial charge in [0.05, 0.1) is 5.56 Å². The summed E-state index contributed by atoms with van der Waals surface area (Å²) in [7, 11) is 0. The van der Waals surface area contributed by atoms with E-state index in [1.54, 1.807) is 18.2 Å². The molecule has 0 saturated heterocycles. The van der Waals surface area contributed by atoms with Crippen LogP contribution in [0.1, 0.15) is 18.9 Å². The second-order valence-electron chi connectivity index (χ2n) is 2.93. The number of nitrogens with zero attached hydrogens (tertiary/aromatic N) is 1. The highest BCUT2D eigenvalue weighted by Crippen LogP contribution is 2.21. The molecule has 0 fully saturated rings. The van der Waals surface area contributed by atoms with Gasteiger partial charge in [-0.15, -0.1) is 0 Å². The summed E-state index contributed by atoms with van der Waals surface area (Å²) in [4.78, 5) is 4.13. The lowest BCUT2D eigenvalue weighted by Gasteiger charge is -2.04. The van der Waals surface area contributed by atoms with Gasteiger partial charge in [-0.3, -0.25) is 4.99 Å². The van der Waals surface area contributed by atoms with E-state index in [4.69, 9.17) is 5.73 Å². The summed E-state index contributed by atoms with van der Waals surface area (Å²) in [6.45, 7) is 2.70. The largest absolute Gasteiger partial charge is 0.507 e. The van der Waals surface area contributed by atoms with Crippen LogP contribution in [0.25, 0.3) is 0 Å². The Morgan fingerprint density at radius 2 is 2.29 bits per heavy atom. The minimum atomic E-state index is 0.158. The van der Waals surface area contributed by atoms with Crippen molar-refractivity contribution in [2.45, 2.75) is 13.3 Å². The molecular formula is C10H13BrN2O. The van der Waals surface area contributed by atoms with E-state index in [2.05, 4.69) is 20.9 Å². The minimum absolute atomic E-state index is 0.158. The molecular weight excluding hydrogens is 244 g/mol. The number of phenols is 1. The van der Waals surface area contributed by atoms with E-state index in [1.807, 2.05) is 6.92 Å². The molecule has 0 aliphatic heterocycles. The Morgan fingerprint density at radius 3 is 2.93 bits per heavy atom. The van der Waals surface area contributed by atoms with Gasteiger partial charge in [0.2, 0.25) is 0 Å². The molecule has 0 spiro atoms. The lowest BCUT2D eigenvalue weighted by atomic mass is 10.2. The first-order chi connectivity index (χ1) is 6.65. The number of rotatable bonds is 3. The molecule has 3 nitrogen and oxygen atoms in total. The third kappa shape index (κ3) is 2.73. The summed E-state index contributed by atoms with van der Waals surface area (Å²) in [5.41, 5.74) is 6.30. The number of aliphatic imine (C=N–C) groups is 1. The zero-order chi connectivity index (χ0) is 10.6. The van der Waals surface area contributed by atoms with E-state index in [9.17, 15) is 5.11 Å².